The second-order valence-corrected chi connectivity index (χ2v) is 8.57. The molecule has 2 aromatic carbocycles. The number of likely N-dealkylation sites (N-methyl/N-ethyl adjacent to an activating group) is 1. The van der Waals surface area contributed by atoms with Gasteiger partial charge in [-0.3, -0.25) is 0 Å². The highest BCUT2D eigenvalue weighted by Crippen LogP contribution is 2.38. The summed E-state index contributed by atoms with van der Waals surface area (Å²) in [6.45, 7) is 3.77. The first-order valence-electron chi connectivity index (χ1n) is 10.8. The lowest BCUT2D eigenvalue weighted by Crippen LogP contribution is -2.44. The third kappa shape index (κ3) is 4.15. The predicted molar refractivity (Wildman–Crippen MR) is 135 cm³/mol. The molecule has 170 valence electrons. The van der Waals surface area contributed by atoms with Crippen molar-refractivity contribution in [2.45, 2.75) is 0 Å². The molecule has 1 fully saturated rings. The summed E-state index contributed by atoms with van der Waals surface area (Å²) in [6.07, 6.45) is 3.54. The number of nitrogen functional groups attached to an aromatic ring is 1. The third-order valence-electron chi connectivity index (χ3n) is 6.03. The number of ether oxygens (including phenoxy) is 1. The molecule has 8 nitrogen and oxygen atoms in total. The summed E-state index contributed by atoms with van der Waals surface area (Å²) < 4.78 is 5.49. The molecule has 0 atom stereocenters. The van der Waals surface area contributed by atoms with Gasteiger partial charge in [-0.15, -0.1) is 0 Å². The number of hydrogen-bond donors (Lipinski definition) is 3. The molecule has 0 bridgehead atoms. The van der Waals surface area contributed by atoms with E-state index in [1.807, 2.05) is 42.6 Å². The summed E-state index contributed by atoms with van der Waals surface area (Å²) in [5.74, 6) is 1.09. The van der Waals surface area contributed by atoms with Gasteiger partial charge < -0.3 is 30.6 Å². The number of nitrogens with one attached hydrogen (secondary N) is 2. The van der Waals surface area contributed by atoms with E-state index in [0.29, 0.717) is 28.1 Å². The van der Waals surface area contributed by atoms with E-state index in [0.717, 1.165) is 54.0 Å². The van der Waals surface area contributed by atoms with Gasteiger partial charge in [-0.05, 0) is 19.2 Å². The maximum Gasteiger partial charge on any atom is 0.227 e. The molecule has 1 saturated heterocycles. The number of piperazine rings is 1. The fourth-order valence-corrected chi connectivity index (χ4v) is 4.37. The largest absolute Gasteiger partial charge is 0.495 e. The van der Waals surface area contributed by atoms with Crippen molar-refractivity contribution in [3.8, 4) is 17.0 Å². The van der Waals surface area contributed by atoms with Crippen LogP contribution in [0, 0.1) is 0 Å². The average Bonchev–Trinajstić information content (AvgIpc) is 3.25. The zero-order valence-electron chi connectivity index (χ0n) is 18.6. The van der Waals surface area contributed by atoms with Crippen LogP contribution in [0.3, 0.4) is 0 Å². The lowest BCUT2D eigenvalue weighted by atomic mass is 10.1. The summed E-state index contributed by atoms with van der Waals surface area (Å²) >= 11 is 6.51. The van der Waals surface area contributed by atoms with Crippen LogP contribution in [-0.4, -0.2) is 60.2 Å². The smallest absolute Gasteiger partial charge is 0.227 e. The summed E-state index contributed by atoms with van der Waals surface area (Å²) in [6, 6.07) is 11.9. The number of halogens is 1. The van der Waals surface area contributed by atoms with Crippen molar-refractivity contribution in [1.82, 2.24) is 19.9 Å². The van der Waals surface area contributed by atoms with Crippen LogP contribution < -0.4 is 20.7 Å². The number of benzene rings is 2. The van der Waals surface area contributed by atoms with Gasteiger partial charge in [-0.25, -0.2) is 9.97 Å². The summed E-state index contributed by atoms with van der Waals surface area (Å²) in [5.41, 5.74) is 11.2. The fraction of sp³-hybridized carbons (Fsp3) is 0.250. The molecular formula is C24H26ClN7O. The van der Waals surface area contributed by atoms with Crippen LogP contribution in [0.1, 0.15) is 0 Å². The number of rotatable bonds is 5. The average molecular weight is 464 g/mol. The Kier molecular flexibility index (Phi) is 5.70. The van der Waals surface area contributed by atoms with Gasteiger partial charge in [0.25, 0.3) is 0 Å². The highest BCUT2D eigenvalue weighted by atomic mass is 35.5. The topological polar surface area (TPSA) is 95.3 Å². The SMILES string of the molecule is COc1cc(N2CCN(C)CC2)c(Nc2ncc(Cl)c(-c3c[nH]c4ccccc34)n2)cc1N. The minimum Gasteiger partial charge on any atom is -0.495 e. The van der Waals surface area contributed by atoms with Crippen molar-refractivity contribution in [1.29, 1.82) is 0 Å². The number of fused-ring (bicyclic) bond motifs is 1. The van der Waals surface area contributed by atoms with Crippen LogP contribution in [0.4, 0.5) is 23.0 Å². The minimum absolute atomic E-state index is 0.444. The van der Waals surface area contributed by atoms with Crippen molar-refractivity contribution in [3.63, 3.8) is 0 Å². The van der Waals surface area contributed by atoms with Crippen LogP contribution in [0.2, 0.25) is 5.02 Å². The maximum atomic E-state index is 6.51. The molecule has 1 aliphatic heterocycles. The van der Waals surface area contributed by atoms with Gasteiger partial charge in [0, 0.05) is 54.9 Å². The van der Waals surface area contributed by atoms with Crippen LogP contribution >= 0.6 is 11.6 Å². The first kappa shape index (κ1) is 21.4. The molecule has 0 spiro atoms. The maximum absolute atomic E-state index is 6.51. The Bertz CT molecular complexity index is 1300. The number of aromatic nitrogens is 3. The number of aromatic amines is 1. The lowest BCUT2D eigenvalue weighted by Gasteiger charge is -2.35. The van der Waals surface area contributed by atoms with Gasteiger partial charge in [-0.2, -0.15) is 0 Å². The highest BCUT2D eigenvalue weighted by Gasteiger charge is 2.20. The number of anilines is 4. The Balaban J connectivity index is 1.53. The molecule has 4 aromatic rings. The number of nitrogens with zero attached hydrogens (tertiary/aromatic N) is 4. The number of para-hydroxylation sites is 1. The van der Waals surface area contributed by atoms with Gasteiger partial charge in [0.15, 0.2) is 0 Å². The molecule has 0 saturated carbocycles. The number of nitrogens with two attached hydrogens (primary N) is 1. The molecule has 3 heterocycles. The predicted octanol–water partition coefficient (Wildman–Crippen LogP) is 4.36. The summed E-state index contributed by atoms with van der Waals surface area (Å²) in [4.78, 5) is 17.1. The van der Waals surface area contributed by atoms with E-state index < -0.39 is 0 Å². The normalized spacial score (nSPS) is 14.6. The van der Waals surface area contributed by atoms with Gasteiger partial charge in [0.2, 0.25) is 5.95 Å². The molecule has 1 aliphatic rings. The number of hydrogen-bond acceptors (Lipinski definition) is 7. The molecule has 0 unspecified atom stereocenters. The van der Waals surface area contributed by atoms with Crippen molar-refractivity contribution in [2.75, 3.05) is 56.3 Å². The van der Waals surface area contributed by atoms with Crippen molar-refractivity contribution < 1.29 is 4.74 Å². The quantitative estimate of drug-likeness (QED) is 0.378. The highest BCUT2D eigenvalue weighted by molar-refractivity contribution is 6.33. The molecular weight excluding hydrogens is 438 g/mol. The molecule has 33 heavy (non-hydrogen) atoms. The van der Waals surface area contributed by atoms with E-state index in [-0.39, 0.29) is 0 Å². The third-order valence-corrected chi connectivity index (χ3v) is 6.30. The monoisotopic (exact) mass is 463 g/mol. The molecule has 4 N–H and O–H groups in total. The van der Waals surface area contributed by atoms with Crippen LogP contribution in [0.15, 0.2) is 48.8 Å². The van der Waals surface area contributed by atoms with Crippen LogP contribution in [-0.2, 0) is 0 Å². The molecule has 9 heteroatoms. The van der Waals surface area contributed by atoms with Crippen molar-refractivity contribution >= 4 is 45.5 Å². The molecule has 0 radical (unpaired) electrons. The van der Waals surface area contributed by atoms with E-state index in [4.69, 9.17) is 27.1 Å². The van der Waals surface area contributed by atoms with E-state index in [9.17, 15) is 0 Å². The van der Waals surface area contributed by atoms with E-state index in [1.54, 1.807) is 13.3 Å². The minimum atomic E-state index is 0.444. The summed E-state index contributed by atoms with van der Waals surface area (Å²) in [5, 5.41) is 4.91. The second kappa shape index (κ2) is 8.80. The molecule has 0 amide bonds. The van der Waals surface area contributed by atoms with Gasteiger partial charge in [0.1, 0.15) is 5.75 Å². The second-order valence-electron chi connectivity index (χ2n) is 8.16. The van der Waals surface area contributed by atoms with Crippen molar-refractivity contribution in [3.05, 3.63) is 53.8 Å². The zero-order chi connectivity index (χ0) is 22.9. The van der Waals surface area contributed by atoms with Crippen molar-refractivity contribution in [2.24, 2.45) is 0 Å². The Labute approximate surface area is 197 Å². The summed E-state index contributed by atoms with van der Waals surface area (Å²) in [7, 11) is 3.76. The molecule has 5 rings (SSSR count). The number of methoxy groups -OCH3 is 1. The van der Waals surface area contributed by atoms with Gasteiger partial charge >= 0.3 is 0 Å². The van der Waals surface area contributed by atoms with Crippen LogP contribution in [0.5, 0.6) is 5.75 Å². The van der Waals surface area contributed by atoms with E-state index in [2.05, 4.69) is 32.1 Å². The first-order chi connectivity index (χ1) is 16.0. The Morgan fingerprint density at radius 1 is 1.15 bits per heavy atom. The van der Waals surface area contributed by atoms with Crippen LogP contribution in [0.25, 0.3) is 22.2 Å². The first-order valence-corrected chi connectivity index (χ1v) is 11.2. The molecule has 0 aliphatic carbocycles. The standard InChI is InChI=1S/C24H26ClN7O/c1-31-7-9-32(10-8-31)21-12-22(33-2)18(26)11-20(21)29-24-28-14-17(25)23(30-24)16-13-27-19-6-4-3-5-15(16)19/h3-6,11-14,27H,7-10,26H2,1-2H3,(H,28,29,30). The Morgan fingerprint density at radius 3 is 2.73 bits per heavy atom. The van der Waals surface area contributed by atoms with E-state index >= 15 is 0 Å². The molecule has 2 aromatic heterocycles. The van der Waals surface area contributed by atoms with E-state index in [1.165, 1.54) is 0 Å². The number of H-pyrrole nitrogens is 1. The zero-order valence-corrected chi connectivity index (χ0v) is 19.4. The Hall–Kier alpha value is -3.49. The van der Waals surface area contributed by atoms with Gasteiger partial charge in [0.05, 0.1) is 41.1 Å². The van der Waals surface area contributed by atoms with Gasteiger partial charge in [-0.1, -0.05) is 29.8 Å². The lowest BCUT2D eigenvalue weighted by molar-refractivity contribution is 0.313. The Morgan fingerprint density at radius 2 is 1.94 bits per heavy atom. The fourth-order valence-electron chi connectivity index (χ4n) is 4.18.